The predicted octanol–water partition coefficient (Wildman–Crippen LogP) is 3.93. The molecule has 3 rings (SSSR count). The second kappa shape index (κ2) is 5.80. The van der Waals surface area contributed by atoms with Gasteiger partial charge in [0.1, 0.15) is 6.26 Å². The smallest absolute Gasteiger partial charge is 0.128 e. The molecule has 1 aliphatic carbocycles. The Bertz CT molecular complexity index is 541. The Balaban J connectivity index is 1.81. The molecule has 1 saturated carbocycles. The Kier molecular flexibility index (Phi) is 3.88. The van der Waals surface area contributed by atoms with Gasteiger partial charge in [-0.05, 0) is 25.3 Å². The fourth-order valence-corrected chi connectivity index (χ4v) is 3.23. The van der Waals surface area contributed by atoms with Gasteiger partial charge in [-0.15, -0.1) is 0 Å². The van der Waals surface area contributed by atoms with Crippen LogP contribution < -0.4 is 5.32 Å². The minimum Gasteiger partial charge on any atom is -0.364 e. The Morgan fingerprint density at radius 1 is 1.15 bits per heavy atom. The van der Waals surface area contributed by atoms with Crippen LogP contribution >= 0.6 is 0 Å². The first-order valence-electron chi connectivity index (χ1n) is 7.51. The highest BCUT2D eigenvalue weighted by molar-refractivity contribution is 5.26. The van der Waals surface area contributed by atoms with Crippen LogP contribution in [0.5, 0.6) is 0 Å². The summed E-state index contributed by atoms with van der Waals surface area (Å²) in [6, 6.07) is 10.9. The molecule has 0 saturated heterocycles. The maximum Gasteiger partial charge on any atom is 0.128 e. The van der Waals surface area contributed by atoms with E-state index < -0.39 is 0 Å². The van der Waals surface area contributed by atoms with E-state index in [-0.39, 0.29) is 5.54 Å². The third-order valence-electron chi connectivity index (χ3n) is 4.50. The summed E-state index contributed by atoms with van der Waals surface area (Å²) in [5.41, 5.74) is 3.67. The number of benzene rings is 1. The van der Waals surface area contributed by atoms with Crippen LogP contribution in [0.3, 0.4) is 0 Å². The number of aryl methyl sites for hydroxylation is 1. The van der Waals surface area contributed by atoms with E-state index >= 15 is 0 Å². The zero-order valence-corrected chi connectivity index (χ0v) is 12.1. The molecule has 0 aliphatic heterocycles. The standard InChI is InChI=1S/C17H22N2O/c1-14-15(13-20-19-14)12-18-17(10-6-3-7-11-17)16-8-4-2-5-9-16/h2,4-5,8-9,13,18H,3,6-7,10-12H2,1H3. The Morgan fingerprint density at radius 3 is 2.55 bits per heavy atom. The number of aromatic nitrogens is 1. The fourth-order valence-electron chi connectivity index (χ4n) is 3.23. The van der Waals surface area contributed by atoms with Gasteiger partial charge in [0.15, 0.2) is 0 Å². The van der Waals surface area contributed by atoms with E-state index in [9.17, 15) is 0 Å². The maximum absolute atomic E-state index is 5.03. The molecule has 1 heterocycles. The molecule has 0 spiro atoms. The summed E-state index contributed by atoms with van der Waals surface area (Å²) < 4.78 is 5.03. The lowest BCUT2D eigenvalue weighted by molar-refractivity contribution is 0.231. The molecule has 0 unspecified atom stereocenters. The van der Waals surface area contributed by atoms with Gasteiger partial charge in [0.2, 0.25) is 0 Å². The van der Waals surface area contributed by atoms with Crippen LogP contribution in [0.2, 0.25) is 0 Å². The van der Waals surface area contributed by atoms with Crippen LogP contribution in [0, 0.1) is 6.92 Å². The molecule has 2 aromatic rings. The summed E-state index contributed by atoms with van der Waals surface area (Å²) in [4.78, 5) is 0. The van der Waals surface area contributed by atoms with Crippen molar-refractivity contribution in [2.45, 2.75) is 51.1 Å². The normalized spacial score (nSPS) is 18.1. The summed E-state index contributed by atoms with van der Waals surface area (Å²) in [6.45, 7) is 2.82. The monoisotopic (exact) mass is 270 g/mol. The summed E-state index contributed by atoms with van der Waals surface area (Å²) in [5.74, 6) is 0. The molecule has 20 heavy (non-hydrogen) atoms. The van der Waals surface area contributed by atoms with Gasteiger partial charge < -0.3 is 9.84 Å². The molecule has 1 aliphatic rings. The second-order valence-corrected chi connectivity index (χ2v) is 5.79. The highest BCUT2D eigenvalue weighted by atomic mass is 16.5. The van der Waals surface area contributed by atoms with Crippen LogP contribution in [0.1, 0.15) is 48.9 Å². The summed E-state index contributed by atoms with van der Waals surface area (Å²) in [6.07, 6.45) is 8.12. The highest BCUT2D eigenvalue weighted by Gasteiger charge is 2.33. The lowest BCUT2D eigenvalue weighted by atomic mass is 9.76. The van der Waals surface area contributed by atoms with Crippen LogP contribution in [-0.2, 0) is 12.1 Å². The first kappa shape index (κ1) is 13.4. The van der Waals surface area contributed by atoms with Crippen LogP contribution in [0.25, 0.3) is 0 Å². The number of rotatable bonds is 4. The van der Waals surface area contributed by atoms with E-state index in [1.165, 1.54) is 37.7 Å². The highest BCUT2D eigenvalue weighted by Crippen LogP contribution is 2.37. The molecule has 1 fully saturated rings. The van der Waals surface area contributed by atoms with Crippen molar-refractivity contribution in [1.29, 1.82) is 0 Å². The topological polar surface area (TPSA) is 38.1 Å². The van der Waals surface area contributed by atoms with Crippen molar-refractivity contribution in [2.24, 2.45) is 0 Å². The Labute approximate surface area is 120 Å². The number of hydrogen-bond acceptors (Lipinski definition) is 3. The van der Waals surface area contributed by atoms with Crippen molar-refractivity contribution < 1.29 is 4.52 Å². The SMILES string of the molecule is Cc1nocc1CNC1(c2ccccc2)CCCCC1. The van der Waals surface area contributed by atoms with Crippen LogP contribution in [0.15, 0.2) is 41.1 Å². The van der Waals surface area contributed by atoms with Crippen molar-refractivity contribution >= 4 is 0 Å². The molecule has 1 aromatic carbocycles. The molecular weight excluding hydrogens is 248 g/mol. The molecule has 0 amide bonds. The summed E-state index contributed by atoms with van der Waals surface area (Å²) in [7, 11) is 0. The van der Waals surface area contributed by atoms with E-state index in [1.807, 2.05) is 6.92 Å². The Hall–Kier alpha value is -1.61. The average molecular weight is 270 g/mol. The van der Waals surface area contributed by atoms with E-state index in [4.69, 9.17) is 4.52 Å². The molecular formula is C17H22N2O. The maximum atomic E-state index is 5.03. The van der Waals surface area contributed by atoms with Gasteiger partial charge in [-0.3, -0.25) is 0 Å². The Morgan fingerprint density at radius 2 is 1.90 bits per heavy atom. The molecule has 1 aromatic heterocycles. The lowest BCUT2D eigenvalue weighted by Gasteiger charge is -2.39. The second-order valence-electron chi connectivity index (χ2n) is 5.79. The van der Waals surface area contributed by atoms with Gasteiger partial charge in [-0.2, -0.15) is 0 Å². The number of nitrogens with one attached hydrogen (secondary N) is 1. The average Bonchev–Trinajstić information content (AvgIpc) is 2.92. The first-order valence-corrected chi connectivity index (χ1v) is 7.51. The predicted molar refractivity (Wildman–Crippen MR) is 79.3 cm³/mol. The van der Waals surface area contributed by atoms with Crippen molar-refractivity contribution in [2.75, 3.05) is 0 Å². The van der Waals surface area contributed by atoms with Gasteiger partial charge >= 0.3 is 0 Å². The van der Waals surface area contributed by atoms with Crippen LogP contribution in [-0.4, -0.2) is 5.16 Å². The largest absolute Gasteiger partial charge is 0.364 e. The van der Waals surface area contributed by atoms with Crippen molar-refractivity contribution in [3.8, 4) is 0 Å². The minimum absolute atomic E-state index is 0.114. The van der Waals surface area contributed by atoms with Crippen molar-refractivity contribution in [3.63, 3.8) is 0 Å². The quantitative estimate of drug-likeness (QED) is 0.914. The van der Waals surface area contributed by atoms with E-state index in [1.54, 1.807) is 6.26 Å². The van der Waals surface area contributed by atoms with E-state index in [2.05, 4.69) is 40.8 Å². The van der Waals surface area contributed by atoms with E-state index in [0.29, 0.717) is 0 Å². The van der Waals surface area contributed by atoms with Crippen molar-refractivity contribution in [3.05, 3.63) is 53.4 Å². The van der Waals surface area contributed by atoms with Gasteiger partial charge in [0.05, 0.1) is 5.69 Å². The molecule has 0 bridgehead atoms. The molecule has 3 heteroatoms. The lowest BCUT2D eigenvalue weighted by Crippen LogP contribution is -2.43. The van der Waals surface area contributed by atoms with Crippen LogP contribution in [0.4, 0.5) is 0 Å². The molecule has 0 atom stereocenters. The van der Waals surface area contributed by atoms with Gasteiger partial charge in [-0.25, -0.2) is 0 Å². The third-order valence-corrected chi connectivity index (χ3v) is 4.50. The molecule has 0 radical (unpaired) electrons. The summed E-state index contributed by atoms with van der Waals surface area (Å²) in [5, 5.41) is 7.76. The number of hydrogen-bond donors (Lipinski definition) is 1. The molecule has 3 nitrogen and oxygen atoms in total. The zero-order chi connectivity index (χ0) is 13.8. The van der Waals surface area contributed by atoms with Gasteiger partial charge in [0.25, 0.3) is 0 Å². The molecule has 1 N–H and O–H groups in total. The van der Waals surface area contributed by atoms with Crippen molar-refractivity contribution in [1.82, 2.24) is 10.5 Å². The minimum atomic E-state index is 0.114. The third kappa shape index (κ3) is 2.63. The fraction of sp³-hybridized carbons (Fsp3) is 0.471. The van der Waals surface area contributed by atoms with E-state index in [0.717, 1.165) is 17.8 Å². The van der Waals surface area contributed by atoms with Gasteiger partial charge in [-0.1, -0.05) is 54.8 Å². The zero-order valence-electron chi connectivity index (χ0n) is 12.1. The number of nitrogens with zero attached hydrogens (tertiary/aromatic N) is 1. The summed E-state index contributed by atoms with van der Waals surface area (Å²) >= 11 is 0. The molecule has 106 valence electrons. The first-order chi connectivity index (χ1) is 9.80. The van der Waals surface area contributed by atoms with Gasteiger partial charge in [0, 0.05) is 17.6 Å².